The van der Waals surface area contributed by atoms with Crippen molar-refractivity contribution in [1.29, 1.82) is 0 Å². The number of nitrogens with one attached hydrogen (secondary N) is 1. The third-order valence-electron chi connectivity index (χ3n) is 4.47. The number of aromatic amines is 1. The zero-order chi connectivity index (χ0) is 20.5. The van der Waals surface area contributed by atoms with Gasteiger partial charge >= 0.3 is 0 Å². The lowest BCUT2D eigenvalue weighted by molar-refractivity contribution is 0.0983. The number of aryl methyl sites for hydroxylation is 1. The summed E-state index contributed by atoms with van der Waals surface area (Å²) in [5.74, 6) is -0.424. The summed E-state index contributed by atoms with van der Waals surface area (Å²) in [5, 5.41) is 0. The van der Waals surface area contributed by atoms with Crippen molar-refractivity contribution in [2.24, 2.45) is 0 Å². The van der Waals surface area contributed by atoms with E-state index in [0.717, 1.165) is 4.31 Å². The van der Waals surface area contributed by atoms with E-state index in [-0.39, 0.29) is 16.6 Å². The fourth-order valence-electron chi connectivity index (χ4n) is 3.09. The molecule has 0 fully saturated rings. The highest BCUT2D eigenvalue weighted by molar-refractivity contribution is 7.95. The molecule has 1 aromatic heterocycles. The monoisotopic (exact) mass is 391 g/mol. The molecule has 0 aliphatic rings. The summed E-state index contributed by atoms with van der Waals surface area (Å²) in [6.07, 6.45) is 0. The van der Waals surface area contributed by atoms with Gasteiger partial charge in [-0.1, -0.05) is 10.3 Å². The van der Waals surface area contributed by atoms with E-state index < -0.39 is 10.4 Å². The predicted molar refractivity (Wildman–Crippen MR) is 105 cm³/mol. The summed E-state index contributed by atoms with van der Waals surface area (Å²) < 4.78 is 25.9. The van der Waals surface area contributed by atoms with Crippen LogP contribution in [0, 0.1) is 13.8 Å². The highest BCUT2D eigenvalue weighted by Crippen LogP contribution is 2.27. The molecule has 0 aliphatic carbocycles. The quantitative estimate of drug-likeness (QED) is 0.605. The van der Waals surface area contributed by atoms with E-state index in [1.165, 1.54) is 38.1 Å². The van der Waals surface area contributed by atoms with E-state index in [0.29, 0.717) is 34.7 Å². The lowest BCUT2D eigenvalue weighted by Gasteiger charge is -2.24. The number of H-pyrrole nitrogens is 1. The average Bonchev–Trinajstić information content (AvgIpc) is 2.90. The Bertz CT molecular complexity index is 933. The van der Waals surface area contributed by atoms with Crippen LogP contribution in [-0.4, -0.2) is 46.2 Å². The number of sulfonamides is 1. The highest BCUT2D eigenvalue weighted by atomic mass is 32.3. The molecule has 0 bridgehead atoms. The van der Waals surface area contributed by atoms with Crippen LogP contribution < -0.4 is 4.90 Å². The molecule has 1 heterocycles. The number of carbonyl (C=O) groups excluding carboxylic acids is 2. The number of amides is 1. The Morgan fingerprint density at radius 1 is 1.22 bits per heavy atom. The molecule has 1 aromatic carbocycles. The minimum Gasteiger partial charge on any atom is -0.593 e. The van der Waals surface area contributed by atoms with Gasteiger partial charge in [0.2, 0.25) is 0 Å². The molecule has 7 nitrogen and oxygen atoms in total. The van der Waals surface area contributed by atoms with Gasteiger partial charge in [0.25, 0.3) is 5.91 Å². The first-order chi connectivity index (χ1) is 12.5. The maximum atomic E-state index is 13.1. The SMILES string of the molecule is CCN(C(=O)c1[nH]c(C)c(C(C)=O)c1C)c1cccc([S+](=O)([O-])N(C)C)c1. The highest BCUT2D eigenvalue weighted by Gasteiger charge is 2.27. The van der Waals surface area contributed by atoms with Crippen LogP contribution in [0.25, 0.3) is 0 Å². The van der Waals surface area contributed by atoms with Gasteiger partial charge in [-0.05, 0) is 45.4 Å². The van der Waals surface area contributed by atoms with Crippen LogP contribution >= 0.6 is 0 Å². The normalized spacial score (nSPS) is 13.5. The molecule has 2 aromatic rings. The van der Waals surface area contributed by atoms with Crippen LogP contribution in [0.2, 0.25) is 0 Å². The van der Waals surface area contributed by atoms with Gasteiger partial charge in [-0.3, -0.25) is 9.59 Å². The molecule has 8 heteroatoms. The van der Waals surface area contributed by atoms with Crippen LogP contribution in [0.5, 0.6) is 0 Å². The van der Waals surface area contributed by atoms with Gasteiger partial charge < -0.3 is 14.4 Å². The minimum atomic E-state index is -3.61. The Labute approximate surface area is 160 Å². The standard InChI is InChI=1S/C19H25N3O4S/c1-7-22(15-9-8-10-16(11-15)27(25,26)21(5)6)19(24)18-12(2)17(14(4)23)13(3)20-18/h8-11H,7H2,1-6H3,(H-,20,23,24,25,26). The lowest BCUT2D eigenvalue weighted by atomic mass is 10.1. The number of rotatable bonds is 6. The van der Waals surface area contributed by atoms with Gasteiger partial charge in [0.05, 0.1) is 0 Å². The van der Waals surface area contributed by atoms with Gasteiger partial charge in [0.1, 0.15) is 5.69 Å². The summed E-state index contributed by atoms with van der Waals surface area (Å²) in [7, 11) is -0.696. The van der Waals surface area contributed by atoms with Crippen molar-refractivity contribution in [3.05, 3.63) is 46.8 Å². The van der Waals surface area contributed by atoms with Gasteiger partial charge in [-0.25, -0.2) is 0 Å². The summed E-state index contributed by atoms with van der Waals surface area (Å²) in [6, 6.07) is 6.27. The number of nitrogens with zero attached hydrogens (tertiary/aromatic N) is 2. The molecule has 2 rings (SSSR count). The summed E-state index contributed by atoms with van der Waals surface area (Å²) >= 11 is 0. The summed E-state index contributed by atoms with van der Waals surface area (Å²) in [6.45, 7) is 7.10. The molecule has 0 radical (unpaired) electrons. The largest absolute Gasteiger partial charge is 0.593 e. The van der Waals surface area contributed by atoms with Crippen LogP contribution in [0.4, 0.5) is 5.69 Å². The molecule has 1 amide bonds. The molecule has 1 atom stereocenters. The van der Waals surface area contributed by atoms with Crippen molar-refractivity contribution in [2.45, 2.75) is 32.6 Å². The Kier molecular flexibility index (Phi) is 6.04. The number of Topliss-reactive ketones (excluding diaryl/α,β-unsaturated/α-hetero) is 1. The van der Waals surface area contributed by atoms with Crippen molar-refractivity contribution in [3.8, 4) is 0 Å². The van der Waals surface area contributed by atoms with Gasteiger partial charge in [0, 0.05) is 43.7 Å². The molecule has 0 spiro atoms. The summed E-state index contributed by atoms with van der Waals surface area (Å²) in [5.41, 5.74) is 2.56. The van der Waals surface area contributed by atoms with Crippen molar-refractivity contribution >= 4 is 27.8 Å². The Balaban J connectivity index is 2.49. The van der Waals surface area contributed by atoms with Crippen molar-refractivity contribution < 1.29 is 18.4 Å². The Morgan fingerprint density at radius 3 is 2.33 bits per heavy atom. The van der Waals surface area contributed by atoms with E-state index in [1.807, 2.05) is 6.92 Å². The number of anilines is 1. The van der Waals surface area contributed by atoms with E-state index in [9.17, 15) is 18.4 Å². The number of hydrogen-bond acceptors (Lipinski definition) is 4. The maximum Gasteiger partial charge on any atom is 0.274 e. The van der Waals surface area contributed by atoms with Crippen LogP contribution in [0.15, 0.2) is 29.2 Å². The molecular weight excluding hydrogens is 366 g/mol. The smallest absolute Gasteiger partial charge is 0.274 e. The van der Waals surface area contributed by atoms with Gasteiger partial charge in [-0.15, -0.1) is 4.31 Å². The fraction of sp³-hybridized carbons (Fsp3) is 0.368. The second-order valence-corrected chi connectivity index (χ2v) is 8.67. The number of hydrogen-bond donors (Lipinski definition) is 1. The predicted octanol–water partition coefficient (Wildman–Crippen LogP) is 2.97. The van der Waals surface area contributed by atoms with Crippen molar-refractivity contribution in [2.75, 3.05) is 25.5 Å². The van der Waals surface area contributed by atoms with Gasteiger partial charge in [-0.2, -0.15) is 0 Å². The number of benzene rings is 1. The Hall–Kier alpha value is -2.29. The van der Waals surface area contributed by atoms with Crippen molar-refractivity contribution in [3.63, 3.8) is 0 Å². The number of ketones is 1. The maximum absolute atomic E-state index is 13.1. The van der Waals surface area contributed by atoms with Crippen LogP contribution in [0.3, 0.4) is 0 Å². The van der Waals surface area contributed by atoms with E-state index in [1.54, 1.807) is 26.0 Å². The van der Waals surface area contributed by atoms with Crippen molar-refractivity contribution in [1.82, 2.24) is 9.29 Å². The molecular formula is C19H25N3O4S. The first-order valence-electron chi connectivity index (χ1n) is 8.56. The first-order valence-corrected chi connectivity index (χ1v) is 10.0. The molecule has 0 saturated carbocycles. The lowest BCUT2D eigenvalue weighted by Crippen LogP contribution is -2.32. The zero-order valence-electron chi connectivity index (χ0n) is 16.5. The van der Waals surface area contributed by atoms with Gasteiger partial charge in [0.15, 0.2) is 21.1 Å². The summed E-state index contributed by atoms with van der Waals surface area (Å²) in [4.78, 5) is 29.5. The third-order valence-corrected chi connectivity index (χ3v) is 6.28. The number of carbonyl (C=O) groups is 2. The van der Waals surface area contributed by atoms with E-state index in [2.05, 4.69) is 4.98 Å². The second-order valence-electron chi connectivity index (χ2n) is 6.52. The number of aromatic nitrogens is 1. The molecule has 0 aliphatic heterocycles. The molecule has 1 unspecified atom stereocenters. The van der Waals surface area contributed by atoms with E-state index in [4.69, 9.17) is 0 Å². The van der Waals surface area contributed by atoms with Crippen LogP contribution in [-0.2, 0) is 14.6 Å². The average molecular weight is 391 g/mol. The molecule has 1 N–H and O–H groups in total. The minimum absolute atomic E-state index is 0.109. The Morgan fingerprint density at radius 2 is 1.85 bits per heavy atom. The molecule has 27 heavy (non-hydrogen) atoms. The first kappa shape index (κ1) is 21.0. The zero-order valence-corrected chi connectivity index (χ0v) is 17.3. The molecule has 0 saturated heterocycles. The molecule has 146 valence electrons. The third kappa shape index (κ3) is 3.87. The second kappa shape index (κ2) is 7.75. The van der Waals surface area contributed by atoms with Crippen LogP contribution in [0.1, 0.15) is 46.0 Å². The topological polar surface area (TPSA) is 96.5 Å². The fourth-order valence-corrected chi connectivity index (χ4v) is 4.03. The van der Waals surface area contributed by atoms with E-state index >= 15 is 0 Å².